The van der Waals surface area contributed by atoms with Gasteiger partial charge in [0.05, 0.1) is 5.91 Å². The Labute approximate surface area is 95.4 Å². The third-order valence-electron chi connectivity index (χ3n) is 1.06. The molecule has 12 heavy (non-hydrogen) atoms. The van der Waals surface area contributed by atoms with Gasteiger partial charge in [0, 0.05) is 12.6 Å². The molecule has 0 aromatic carbocycles. The molecule has 1 atom stereocenters. The van der Waals surface area contributed by atoms with E-state index in [9.17, 15) is 9.59 Å². The van der Waals surface area contributed by atoms with Gasteiger partial charge < -0.3 is 20.3 Å². The Hall–Kier alpha value is 0.00390. The number of amides is 1. The number of nitrogens with zero attached hydrogens (tertiary/aromatic N) is 1. The summed E-state index contributed by atoms with van der Waals surface area (Å²) in [6.07, 6.45) is 0.157. The molecule has 1 amide bonds. The average molecular weight is 249 g/mol. The Morgan fingerprint density at radius 3 is 2.25 bits per heavy atom. The van der Waals surface area contributed by atoms with Crippen molar-refractivity contribution in [3.8, 4) is 0 Å². The molecule has 64 valence electrons. The van der Waals surface area contributed by atoms with Crippen molar-refractivity contribution in [1.82, 2.24) is 0 Å². The molecule has 0 radical (unpaired) electrons. The van der Waals surface area contributed by atoms with Gasteiger partial charge in [0.1, 0.15) is 0 Å². The Bertz CT molecular complexity index is 162. The summed E-state index contributed by atoms with van der Waals surface area (Å²) >= 11 is 0. The Morgan fingerprint density at radius 1 is 1.50 bits per heavy atom. The second-order valence-electron chi connectivity index (χ2n) is 1.91. The van der Waals surface area contributed by atoms with Crippen LogP contribution in [0.2, 0.25) is 0 Å². The first-order chi connectivity index (χ1) is 5.11. The fourth-order valence-electron chi connectivity index (χ4n) is 0.439. The molecular formula is C6H10NO4Y+2. The van der Waals surface area contributed by atoms with Gasteiger partial charge in [-0.25, -0.2) is 0 Å². The van der Waals surface area contributed by atoms with Crippen LogP contribution < -0.4 is 0 Å². The summed E-state index contributed by atoms with van der Waals surface area (Å²) in [5.41, 5.74) is 0. The summed E-state index contributed by atoms with van der Waals surface area (Å²) in [5.74, 6) is -1.79. The largest absolute Gasteiger partial charge is 3.00 e. The first kappa shape index (κ1) is 14.5. The third-order valence-corrected chi connectivity index (χ3v) is 1.06. The minimum Gasteiger partial charge on any atom is -0.640 e. The van der Waals surface area contributed by atoms with E-state index in [0.717, 1.165) is 0 Å². The van der Waals surface area contributed by atoms with Crippen molar-refractivity contribution >= 4 is 11.9 Å². The number of rotatable bonds is 4. The molecule has 5 nitrogen and oxygen atoms in total. The third kappa shape index (κ3) is 5.63. The summed E-state index contributed by atoms with van der Waals surface area (Å²) in [4.78, 5) is 20.7. The molecule has 2 N–H and O–H groups in total. The molecule has 0 rings (SSSR count). The summed E-state index contributed by atoms with van der Waals surface area (Å²) in [7, 11) is 0. The maximum atomic E-state index is 10.5. The zero-order chi connectivity index (χ0) is 8.85. The van der Waals surface area contributed by atoms with Gasteiger partial charge in [0.15, 0.2) is 0 Å². The zero-order valence-corrected chi connectivity index (χ0v) is 9.57. The molecule has 0 bridgehead atoms. The van der Waals surface area contributed by atoms with Crippen LogP contribution in [0.1, 0.15) is 13.3 Å². The number of aliphatic hydroxyl groups is 1. The molecule has 0 aliphatic heterocycles. The maximum Gasteiger partial charge on any atom is 3.00 e. The van der Waals surface area contributed by atoms with Crippen molar-refractivity contribution in [1.29, 1.82) is 0 Å². The van der Waals surface area contributed by atoms with E-state index >= 15 is 0 Å². The number of aliphatic hydroxyl groups excluding tert-OH is 1. The Balaban J connectivity index is 0. The Morgan fingerprint density at radius 2 is 2.00 bits per heavy atom. The van der Waals surface area contributed by atoms with Crippen LogP contribution in [0, 0.1) is 0 Å². The first-order valence-electron chi connectivity index (χ1n) is 3.19. The fourth-order valence-corrected chi connectivity index (χ4v) is 0.439. The summed E-state index contributed by atoms with van der Waals surface area (Å²) in [6.45, 7) is 0.934. The van der Waals surface area contributed by atoms with Crippen molar-refractivity contribution in [2.45, 2.75) is 19.4 Å². The van der Waals surface area contributed by atoms with Gasteiger partial charge in [-0.1, -0.05) is 6.92 Å². The zero-order valence-electron chi connectivity index (χ0n) is 6.73. The van der Waals surface area contributed by atoms with E-state index in [1.165, 1.54) is 0 Å². The molecular weight excluding hydrogens is 239 g/mol. The molecule has 0 saturated heterocycles. The quantitative estimate of drug-likeness (QED) is 0.718. The van der Waals surface area contributed by atoms with Gasteiger partial charge in [-0.05, 0) is 6.42 Å². The normalized spacial score (nSPS) is 11.2. The van der Waals surface area contributed by atoms with Crippen molar-refractivity contribution in [3.63, 3.8) is 0 Å². The monoisotopic (exact) mass is 249 g/mol. The fraction of sp³-hybridized carbons (Fsp3) is 0.667. The molecule has 0 aliphatic carbocycles. The topological polar surface area (TPSA) is 88.7 Å². The summed E-state index contributed by atoms with van der Waals surface area (Å²) < 4.78 is 0. The molecule has 0 aromatic heterocycles. The van der Waals surface area contributed by atoms with Crippen LogP contribution in [-0.2, 0) is 42.3 Å². The molecule has 1 unspecified atom stereocenters. The maximum absolute atomic E-state index is 10.5. The molecule has 6 heteroatoms. The van der Waals surface area contributed by atoms with Crippen molar-refractivity contribution in [3.05, 3.63) is 5.32 Å². The van der Waals surface area contributed by atoms with E-state index in [-0.39, 0.29) is 39.1 Å². The minimum absolute atomic E-state index is 0. The molecule has 0 saturated carbocycles. The average Bonchev–Trinajstić information content (AvgIpc) is 1.99. The number of aliphatic carboxylic acids is 1. The van der Waals surface area contributed by atoms with Crippen molar-refractivity contribution < 1.29 is 52.5 Å². The van der Waals surface area contributed by atoms with E-state index in [0.29, 0.717) is 0 Å². The Kier molecular flexibility index (Phi) is 9.25. The second-order valence-corrected chi connectivity index (χ2v) is 1.91. The van der Waals surface area contributed by atoms with Gasteiger partial charge in [0.25, 0.3) is 5.97 Å². The van der Waals surface area contributed by atoms with Crippen LogP contribution >= 0.6 is 0 Å². The van der Waals surface area contributed by atoms with Gasteiger partial charge >= 0.3 is 32.7 Å². The number of hydrogen-bond acceptors (Lipinski definition) is 3. The van der Waals surface area contributed by atoms with Crippen molar-refractivity contribution in [2.75, 3.05) is 6.61 Å². The van der Waals surface area contributed by atoms with Crippen LogP contribution in [0.15, 0.2) is 0 Å². The number of carbonyl (C=O) groups is 2. The van der Waals surface area contributed by atoms with Crippen molar-refractivity contribution in [2.24, 2.45) is 0 Å². The first-order valence-corrected chi connectivity index (χ1v) is 3.19. The minimum atomic E-state index is -1.30. The predicted octanol–water partition coefficient (Wildman–Crippen LogP) is -0.260. The number of hydrogen-bond donors (Lipinski definition) is 2. The van der Waals surface area contributed by atoms with E-state index in [1.54, 1.807) is 6.92 Å². The molecule has 0 aromatic rings. The van der Waals surface area contributed by atoms with E-state index < -0.39 is 24.5 Å². The summed E-state index contributed by atoms with van der Waals surface area (Å²) in [6, 6.07) is -1.30. The van der Waals surface area contributed by atoms with E-state index in [1.807, 2.05) is 0 Å². The van der Waals surface area contributed by atoms with Gasteiger partial charge in [0.2, 0.25) is 0 Å². The van der Waals surface area contributed by atoms with Gasteiger partial charge in [-0.3, -0.25) is 4.79 Å². The smallest absolute Gasteiger partial charge is 0.640 e. The van der Waals surface area contributed by atoms with Gasteiger partial charge in [-0.2, -0.15) is 0 Å². The second kappa shape index (κ2) is 7.64. The van der Waals surface area contributed by atoms with Crippen LogP contribution in [0.25, 0.3) is 5.32 Å². The molecule has 0 spiro atoms. The summed E-state index contributed by atoms with van der Waals surface area (Å²) in [5, 5.41) is 20.0. The molecule has 0 aliphatic rings. The standard InChI is InChI=1S/C6H11NO4.Y/c1-2-5(9)7-4(3-8)6(10)11;/h4,8H,2-3H2,1H3,(H2,7,9,10,11);/q;+3/p-1. The predicted molar refractivity (Wildman–Crippen MR) is 37.2 cm³/mol. The van der Waals surface area contributed by atoms with E-state index in [4.69, 9.17) is 10.2 Å². The van der Waals surface area contributed by atoms with Crippen LogP contribution in [0.3, 0.4) is 0 Å². The number of carboxylic acid groups (broad SMARTS) is 1. The SMILES string of the molecule is CCC(=O)[N-]C(CO)C(=O)O.[Y+3]. The van der Waals surface area contributed by atoms with E-state index in [2.05, 4.69) is 5.32 Å². The molecule has 0 fully saturated rings. The number of carboxylic acids is 1. The van der Waals surface area contributed by atoms with Crippen LogP contribution in [0.5, 0.6) is 0 Å². The van der Waals surface area contributed by atoms with Crippen LogP contribution in [0.4, 0.5) is 0 Å². The van der Waals surface area contributed by atoms with Gasteiger partial charge in [-0.15, -0.1) is 0 Å². The molecule has 0 heterocycles. The number of carbonyl (C=O) groups excluding carboxylic acids is 1. The van der Waals surface area contributed by atoms with Crippen LogP contribution in [-0.4, -0.2) is 34.7 Å².